The van der Waals surface area contributed by atoms with Crippen molar-refractivity contribution in [2.24, 2.45) is 0 Å². The zero-order valence-corrected chi connectivity index (χ0v) is 17.6. The van der Waals surface area contributed by atoms with Gasteiger partial charge < -0.3 is 14.4 Å². The fraction of sp³-hybridized carbons (Fsp3) is 0.304. The number of H-pyrrole nitrogens is 1. The van der Waals surface area contributed by atoms with Gasteiger partial charge in [-0.05, 0) is 48.9 Å². The largest absolute Gasteiger partial charge is 0.492 e. The van der Waals surface area contributed by atoms with Crippen LogP contribution in [0.5, 0.6) is 11.5 Å². The van der Waals surface area contributed by atoms with E-state index in [2.05, 4.69) is 10.2 Å². The van der Waals surface area contributed by atoms with E-state index in [0.717, 1.165) is 17.8 Å². The minimum atomic E-state index is -0.338. The summed E-state index contributed by atoms with van der Waals surface area (Å²) >= 11 is 6.10. The molecule has 4 rings (SSSR count). The van der Waals surface area contributed by atoms with Gasteiger partial charge >= 0.3 is 0 Å². The normalized spacial score (nSPS) is 15.8. The smallest absolute Gasteiger partial charge is 0.260 e. The minimum absolute atomic E-state index is 0.0659. The number of carbonyl (C=O) groups is 1. The second kappa shape index (κ2) is 9.83. The third-order valence-corrected chi connectivity index (χ3v) is 5.56. The van der Waals surface area contributed by atoms with Crippen LogP contribution in [0, 0.1) is 5.82 Å². The van der Waals surface area contributed by atoms with Gasteiger partial charge in [0.1, 0.15) is 17.3 Å². The maximum absolute atomic E-state index is 12.9. The molecule has 0 radical (unpaired) electrons. The Balaban J connectivity index is 1.23. The fourth-order valence-electron chi connectivity index (χ4n) is 3.54. The lowest BCUT2D eigenvalue weighted by Crippen LogP contribution is -2.32. The summed E-state index contributed by atoms with van der Waals surface area (Å²) in [5.41, 5.74) is 1.92. The van der Waals surface area contributed by atoms with Crippen LogP contribution in [0.25, 0.3) is 0 Å². The highest BCUT2D eigenvalue weighted by Gasteiger charge is 2.29. The maximum atomic E-state index is 12.9. The molecular weight excluding hydrogens is 421 g/mol. The van der Waals surface area contributed by atoms with Crippen molar-refractivity contribution in [2.75, 3.05) is 26.3 Å². The second-order valence-corrected chi connectivity index (χ2v) is 7.82. The molecule has 0 saturated carbocycles. The number of para-hydroxylation sites is 1. The summed E-state index contributed by atoms with van der Waals surface area (Å²) in [7, 11) is 0. The molecule has 0 unspecified atom stereocenters. The van der Waals surface area contributed by atoms with Crippen molar-refractivity contribution in [1.29, 1.82) is 0 Å². The molecule has 31 heavy (non-hydrogen) atoms. The number of hydrogen-bond donors (Lipinski definition) is 1. The standard InChI is InChI=1S/C23H23ClFN3O3/c24-20-3-1-2-4-22(20)30-12-10-18-13-21(27-26-18)16-9-11-28(14-16)23(29)15-31-19-7-5-17(25)6-8-19/h1-8,13,16H,9-12,14-15H2,(H,26,27)/t16-/m0/s1. The highest BCUT2D eigenvalue weighted by Crippen LogP contribution is 2.27. The molecule has 1 aromatic heterocycles. The molecule has 1 aliphatic rings. The first-order valence-corrected chi connectivity index (χ1v) is 10.5. The number of nitrogens with zero attached hydrogens (tertiary/aromatic N) is 2. The Morgan fingerprint density at radius 1 is 1.19 bits per heavy atom. The van der Waals surface area contributed by atoms with E-state index in [1.165, 1.54) is 24.3 Å². The van der Waals surface area contributed by atoms with E-state index in [1.807, 2.05) is 24.3 Å². The third kappa shape index (κ3) is 5.55. The third-order valence-electron chi connectivity index (χ3n) is 5.25. The van der Waals surface area contributed by atoms with Gasteiger partial charge in [-0.2, -0.15) is 5.10 Å². The van der Waals surface area contributed by atoms with Crippen LogP contribution in [0.4, 0.5) is 4.39 Å². The van der Waals surface area contributed by atoms with Gasteiger partial charge in [-0.25, -0.2) is 4.39 Å². The van der Waals surface area contributed by atoms with Crippen molar-refractivity contribution in [3.05, 3.63) is 76.8 Å². The molecule has 2 aromatic carbocycles. The first kappa shape index (κ1) is 21.2. The molecule has 1 fully saturated rings. The van der Waals surface area contributed by atoms with Gasteiger partial charge in [-0.15, -0.1) is 0 Å². The van der Waals surface area contributed by atoms with Gasteiger partial charge in [-0.3, -0.25) is 9.89 Å². The average molecular weight is 444 g/mol. The number of rotatable bonds is 8. The van der Waals surface area contributed by atoms with Crippen molar-refractivity contribution < 1.29 is 18.7 Å². The lowest BCUT2D eigenvalue weighted by molar-refractivity contribution is -0.132. The van der Waals surface area contributed by atoms with E-state index in [4.69, 9.17) is 21.1 Å². The van der Waals surface area contributed by atoms with Gasteiger partial charge in [0.2, 0.25) is 0 Å². The van der Waals surface area contributed by atoms with Crippen molar-refractivity contribution in [3.63, 3.8) is 0 Å². The molecule has 2 heterocycles. The Morgan fingerprint density at radius 3 is 2.81 bits per heavy atom. The Hall–Kier alpha value is -3.06. The summed E-state index contributed by atoms with van der Waals surface area (Å²) in [5, 5.41) is 8.07. The Bertz CT molecular complexity index is 1020. The van der Waals surface area contributed by atoms with Crippen LogP contribution >= 0.6 is 11.6 Å². The van der Waals surface area contributed by atoms with Crippen molar-refractivity contribution >= 4 is 17.5 Å². The van der Waals surface area contributed by atoms with Crippen LogP contribution in [0.15, 0.2) is 54.6 Å². The van der Waals surface area contributed by atoms with Gasteiger partial charge in [0.15, 0.2) is 6.61 Å². The van der Waals surface area contributed by atoms with Crippen LogP contribution in [0.3, 0.4) is 0 Å². The molecule has 162 valence electrons. The van der Waals surface area contributed by atoms with E-state index in [9.17, 15) is 9.18 Å². The van der Waals surface area contributed by atoms with E-state index in [1.54, 1.807) is 11.0 Å². The lowest BCUT2D eigenvalue weighted by atomic mass is 10.0. The number of hydrogen-bond acceptors (Lipinski definition) is 4. The van der Waals surface area contributed by atoms with E-state index in [-0.39, 0.29) is 24.2 Å². The molecule has 0 aliphatic carbocycles. The molecule has 1 N–H and O–H groups in total. The number of ether oxygens (including phenoxy) is 2. The van der Waals surface area contributed by atoms with Crippen LogP contribution in [0.2, 0.25) is 5.02 Å². The van der Waals surface area contributed by atoms with Gasteiger partial charge in [0.25, 0.3) is 5.91 Å². The van der Waals surface area contributed by atoms with E-state index < -0.39 is 0 Å². The Kier molecular flexibility index (Phi) is 6.72. The SMILES string of the molecule is O=C(COc1ccc(F)cc1)N1CC[C@H](c2cc(CCOc3ccccc3Cl)[nH]n2)C1. The summed E-state index contributed by atoms with van der Waals surface area (Å²) in [6.07, 6.45) is 1.53. The summed E-state index contributed by atoms with van der Waals surface area (Å²) in [4.78, 5) is 14.2. The van der Waals surface area contributed by atoms with Crippen LogP contribution in [-0.2, 0) is 11.2 Å². The van der Waals surface area contributed by atoms with Crippen molar-refractivity contribution in [1.82, 2.24) is 15.1 Å². The monoisotopic (exact) mass is 443 g/mol. The molecule has 0 bridgehead atoms. The predicted molar refractivity (Wildman–Crippen MR) is 115 cm³/mol. The number of amides is 1. The van der Waals surface area contributed by atoms with E-state index in [0.29, 0.717) is 42.6 Å². The average Bonchev–Trinajstić information content (AvgIpc) is 3.44. The molecule has 1 atom stereocenters. The molecule has 6 nitrogen and oxygen atoms in total. The zero-order chi connectivity index (χ0) is 21.6. The fourth-order valence-corrected chi connectivity index (χ4v) is 3.74. The molecule has 8 heteroatoms. The van der Waals surface area contributed by atoms with Crippen LogP contribution in [0.1, 0.15) is 23.7 Å². The lowest BCUT2D eigenvalue weighted by Gasteiger charge is -2.16. The number of benzene rings is 2. The number of aromatic amines is 1. The Labute approximate surface area is 184 Å². The van der Waals surface area contributed by atoms with Gasteiger partial charge in [0, 0.05) is 31.1 Å². The summed E-state index contributed by atoms with van der Waals surface area (Å²) < 4.78 is 24.1. The predicted octanol–water partition coefficient (Wildman–Crippen LogP) is 4.22. The summed E-state index contributed by atoms with van der Waals surface area (Å²) in [6.45, 7) is 1.69. The summed E-state index contributed by atoms with van der Waals surface area (Å²) in [6, 6.07) is 15.0. The van der Waals surface area contributed by atoms with Gasteiger partial charge in [-0.1, -0.05) is 23.7 Å². The Morgan fingerprint density at radius 2 is 2.00 bits per heavy atom. The van der Waals surface area contributed by atoms with Crippen LogP contribution < -0.4 is 9.47 Å². The molecular formula is C23H23ClFN3O3. The second-order valence-electron chi connectivity index (χ2n) is 7.41. The maximum Gasteiger partial charge on any atom is 0.260 e. The molecule has 1 saturated heterocycles. The van der Waals surface area contributed by atoms with E-state index >= 15 is 0 Å². The first-order chi connectivity index (χ1) is 15.1. The molecule has 0 spiro atoms. The van der Waals surface area contributed by atoms with Gasteiger partial charge in [0.05, 0.1) is 17.3 Å². The number of halogens is 2. The first-order valence-electron chi connectivity index (χ1n) is 10.2. The minimum Gasteiger partial charge on any atom is -0.492 e. The van der Waals surface area contributed by atoms with Crippen LogP contribution in [-0.4, -0.2) is 47.3 Å². The highest BCUT2D eigenvalue weighted by molar-refractivity contribution is 6.32. The highest BCUT2D eigenvalue weighted by atomic mass is 35.5. The number of aromatic nitrogens is 2. The summed E-state index contributed by atoms with van der Waals surface area (Å²) in [5.74, 6) is 0.896. The quantitative estimate of drug-likeness (QED) is 0.566. The number of likely N-dealkylation sites (tertiary alicyclic amines) is 1. The number of nitrogens with one attached hydrogen (secondary N) is 1. The zero-order valence-electron chi connectivity index (χ0n) is 16.9. The topological polar surface area (TPSA) is 67.4 Å². The van der Waals surface area contributed by atoms with Crippen molar-refractivity contribution in [3.8, 4) is 11.5 Å². The van der Waals surface area contributed by atoms with Crippen molar-refractivity contribution in [2.45, 2.75) is 18.8 Å². The molecule has 1 aliphatic heterocycles. The molecule has 1 amide bonds. The number of carbonyl (C=O) groups excluding carboxylic acids is 1. The molecule has 3 aromatic rings.